The molecular weight excluding hydrogens is 415 g/mol. The van der Waals surface area contributed by atoms with Crippen molar-refractivity contribution >= 4 is 5.91 Å². The van der Waals surface area contributed by atoms with E-state index < -0.39 is 5.41 Å². The largest absolute Gasteiger partial charge is 0.348 e. The van der Waals surface area contributed by atoms with Crippen LogP contribution in [0.1, 0.15) is 29.7 Å². The number of carbonyl (C=O) groups excluding carboxylic acids is 1. The Bertz CT molecular complexity index is 1120. The number of rotatable bonds is 6. The van der Waals surface area contributed by atoms with E-state index in [2.05, 4.69) is 16.9 Å². The number of aryl methyl sites for hydroxylation is 1. The van der Waals surface area contributed by atoms with Crippen molar-refractivity contribution in [3.8, 4) is 11.1 Å². The summed E-state index contributed by atoms with van der Waals surface area (Å²) < 4.78 is 16.1. The molecule has 2 aromatic carbocycles. The topological polar surface area (TPSA) is 41.4 Å². The fourth-order valence-electron chi connectivity index (χ4n) is 5.06. The van der Waals surface area contributed by atoms with Gasteiger partial charge in [0.05, 0.1) is 11.6 Å². The van der Waals surface area contributed by atoms with Crippen molar-refractivity contribution in [1.82, 2.24) is 19.6 Å². The van der Waals surface area contributed by atoms with Crippen molar-refractivity contribution in [2.45, 2.75) is 32.7 Å². The molecule has 0 aliphatic carbocycles. The Balaban J connectivity index is 1.57. The molecule has 1 aliphatic rings. The highest BCUT2D eigenvalue weighted by molar-refractivity contribution is 5.83. The molecule has 1 amide bonds. The molecule has 0 saturated carbocycles. The summed E-state index contributed by atoms with van der Waals surface area (Å²) in [4.78, 5) is 17.6. The molecular formula is C27H33FN4O. The molecule has 0 unspecified atom stereocenters. The van der Waals surface area contributed by atoms with Crippen molar-refractivity contribution in [3.05, 3.63) is 77.4 Å². The molecule has 1 atom stereocenters. The minimum atomic E-state index is -0.475. The first-order chi connectivity index (χ1) is 15.8. The Hall–Kier alpha value is -2.99. The van der Waals surface area contributed by atoms with Crippen molar-refractivity contribution in [2.24, 2.45) is 12.5 Å². The third-order valence-electron chi connectivity index (χ3n) is 6.93. The maximum Gasteiger partial charge on any atom is 0.229 e. The molecule has 5 nitrogen and oxygen atoms in total. The number of amides is 1. The van der Waals surface area contributed by atoms with Gasteiger partial charge < -0.3 is 4.90 Å². The number of halogens is 1. The molecule has 1 aromatic heterocycles. The number of hydrogen-bond donors (Lipinski definition) is 0. The average Bonchev–Trinajstić information content (AvgIpc) is 3.12. The summed E-state index contributed by atoms with van der Waals surface area (Å²) >= 11 is 0. The van der Waals surface area contributed by atoms with Gasteiger partial charge in [-0.05, 0) is 49.9 Å². The Kier molecular flexibility index (Phi) is 6.66. The van der Waals surface area contributed by atoms with E-state index in [1.165, 1.54) is 11.6 Å². The fraction of sp³-hybridized carbons (Fsp3) is 0.407. The Morgan fingerprint density at radius 1 is 1.15 bits per heavy atom. The van der Waals surface area contributed by atoms with Crippen LogP contribution in [-0.2, 0) is 24.8 Å². The summed E-state index contributed by atoms with van der Waals surface area (Å²) in [6.07, 6.45) is 4.44. The first-order valence-electron chi connectivity index (χ1n) is 11.5. The summed E-state index contributed by atoms with van der Waals surface area (Å²) in [6, 6.07) is 14.8. The molecule has 0 spiro atoms. The van der Waals surface area contributed by atoms with Gasteiger partial charge in [-0.1, -0.05) is 42.5 Å². The first kappa shape index (κ1) is 23.2. The number of aromatic nitrogens is 2. The highest BCUT2D eigenvalue weighted by atomic mass is 19.1. The van der Waals surface area contributed by atoms with Crippen LogP contribution in [-0.4, -0.2) is 52.7 Å². The van der Waals surface area contributed by atoms with Gasteiger partial charge in [0.25, 0.3) is 0 Å². The van der Waals surface area contributed by atoms with E-state index in [4.69, 9.17) is 0 Å². The number of likely N-dealkylation sites (tertiary alicyclic amines) is 1. The van der Waals surface area contributed by atoms with Crippen LogP contribution in [0.5, 0.6) is 0 Å². The van der Waals surface area contributed by atoms with Crippen LogP contribution < -0.4 is 0 Å². The van der Waals surface area contributed by atoms with E-state index >= 15 is 0 Å². The number of hydrogen-bond acceptors (Lipinski definition) is 3. The Morgan fingerprint density at radius 2 is 1.88 bits per heavy atom. The Labute approximate surface area is 195 Å². The standard InChI is InChI=1S/C27H33FN4O/c1-20-23(17-29-31(20)4)18-32-15-7-14-27(19-32,26(33)30(2)3)16-21-10-12-22(13-11-21)24-8-5-6-9-25(24)28/h5-6,8-13,17H,7,14-16,18-19H2,1-4H3/t27-/m1/s1. The second kappa shape index (κ2) is 9.48. The molecule has 0 bridgehead atoms. The zero-order valence-electron chi connectivity index (χ0n) is 20.0. The predicted molar refractivity (Wildman–Crippen MR) is 129 cm³/mol. The molecule has 0 radical (unpaired) electrons. The summed E-state index contributed by atoms with van der Waals surface area (Å²) in [6.45, 7) is 4.58. The van der Waals surface area contributed by atoms with Gasteiger partial charge in [0.2, 0.25) is 5.91 Å². The lowest BCUT2D eigenvalue weighted by Crippen LogP contribution is -2.52. The van der Waals surface area contributed by atoms with Crippen LogP contribution in [0.3, 0.4) is 0 Å². The zero-order chi connectivity index (χ0) is 23.6. The van der Waals surface area contributed by atoms with E-state index in [-0.39, 0.29) is 11.7 Å². The molecule has 6 heteroatoms. The molecule has 174 valence electrons. The minimum absolute atomic E-state index is 0.174. The van der Waals surface area contributed by atoms with E-state index in [9.17, 15) is 9.18 Å². The minimum Gasteiger partial charge on any atom is -0.348 e. The van der Waals surface area contributed by atoms with Gasteiger partial charge in [-0.3, -0.25) is 14.4 Å². The lowest BCUT2D eigenvalue weighted by atomic mass is 9.73. The van der Waals surface area contributed by atoms with Crippen molar-refractivity contribution in [1.29, 1.82) is 0 Å². The van der Waals surface area contributed by atoms with Crippen LogP contribution >= 0.6 is 0 Å². The van der Waals surface area contributed by atoms with Crippen LogP contribution in [0.25, 0.3) is 11.1 Å². The molecule has 4 rings (SSSR count). The Morgan fingerprint density at radius 3 is 2.52 bits per heavy atom. The predicted octanol–water partition coefficient (Wildman–Crippen LogP) is 4.45. The van der Waals surface area contributed by atoms with Crippen LogP contribution in [0, 0.1) is 18.2 Å². The normalized spacial score (nSPS) is 18.9. The van der Waals surface area contributed by atoms with Crippen molar-refractivity contribution < 1.29 is 9.18 Å². The first-order valence-corrected chi connectivity index (χ1v) is 11.5. The summed E-state index contributed by atoms with van der Waals surface area (Å²) in [5.41, 5.74) is 4.44. The maximum absolute atomic E-state index is 14.2. The number of carbonyl (C=O) groups is 1. The molecule has 3 aromatic rings. The second-order valence-corrected chi connectivity index (χ2v) is 9.53. The molecule has 2 heterocycles. The maximum atomic E-state index is 14.2. The molecule has 1 fully saturated rings. The monoisotopic (exact) mass is 448 g/mol. The smallest absolute Gasteiger partial charge is 0.229 e. The SMILES string of the molecule is Cc1c(CN2CCC[C@](Cc3ccc(-c4ccccc4F)cc3)(C(=O)N(C)C)C2)cnn1C. The number of nitrogens with zero attached hydrogens (tertiary/aromatic N) is 4. The van der Waals surface area contributed by atoms with E-state index in [1.807, 2.05) is 62.4 Å². The van der Waals surface area contributed by atoms with E-state index in [1.54, 1.807) is 17.0 Å². The van der Waals surface area contributed by atoms with Gasteiger partial charge in [-0.25, -0.2) is 4.39 Å². The van der Waals surface area contributed by atoms with Gasteiger partial charge in [-0.15, -0.1) is 0 Å². The third-order valence-corrected chi connectivity index (χ3v) is 6.93. The number of benzene rings is 2. The van der Waals surface area contributed by atoms with Gasteiger partial charge in [-0.2, -0.15) is 5.10 Å². The summed E-state index contributed by atoms with van der Waals surface area (Å²) in [5, 5.41) is 4.38. The molecule has 1 saturated heterocycles. The quantitative estimate of drug-likeness (QED) is 0.560. The zero-order valence-corrected chi connectivity index (χ0v) is 20.0. The van der Waals surface area contributed by atoms with E-state index in [0.717, 1.165) is 42.8 Å². The van der Waals surface area contributed by atoms with Crippen LogP contribution in [0.15, 0.2) is 54.7 Å². The molecule has 0 N–H and O–H groups in total. The average molecular weight is 449 g/mol. The highest BCUT2D eigenvalue weighted by Gasteiger charge is 2.43. The third kappa shape index (κ3) is 4.86. The molecule has 1 aliphatic heterocycles. The second-order valence-electron chi connectivity index (χ2n) is 9.53. The van der Waals surface area contributed by atoms with Gasteiger partial charge in [0, 0.05) is 51.1 Å². The fourth-order valence-corrected chi connectivity index (χ4v) is 5.06. The summed E-state index contributed by atoms with van der Waals surface area (Å²) in [7, 11) is 5.64. The van der Waals surface area contributed by atoms with Gasteiger partial charge in [0.1, 0.15) is 5.82 Å². The van der Waals surface area contributed by atoms with Crippen molar-refractivity contribution in [2.75, 3.05) is 27.2 Å². The van der Waals surface area contributed by atoms with Gasteiger partial charge >= 0.3 is 0 Å². The van der Waals surface area contributed by atoms with E-state index in [0.29, 0.717) is 18.5 Å². The van der Waals surface area contributed by atoms with Crippen LogP contribution in [0.4, 0.5) is 4.39 Å². The summed E-state index contributed by atoms with van der Waals surface area (Å²) in [5.74, 6) is -0.0496. The lowest BCUT2D eigenvalue weighted by molar-refractivity contribution is -0.143. The molecule has 33 heavy (non-hydrogen) atoms. The highest BCUT2D eigenvalue weighted by Crippen LogP contribution is 2.37. The number of piperidine rings is 1. The van der Waals surface area contributed by atoms with Gasteiger partial charge in [0.15, 0.2) is 0 Å². The van der Waals surface area contributed by atoms with Crippen LogP contribution in [0.2, 0.25) is 0 Å². The van der Waals surface area contributed by atoms with Crippen molar-refractivity contribution in [3.63, 3.8) is 0 Å². The lowest BCUT2D eigenvalue weighted by Gasteiger charge is -2.43.